The topological polar surface area (TPSA) is 27.7 Å². The van der Waals surface area contributed by atoms with Crippen LogP contribution >= 0.6 is 0 Å². The summed E-state index contributed by atoms with van der Waals surface area (Å²) in [5.74, 6) is 1.69. The molecule has 0 bridgehead atoms. The van der Waals surface area contributed by atoms with Gasteiger partial charge in [-0.3, -0.25) is 0 Å². The zero-order valence-electron chi connectivity index (χ0n) is 11.8. The fraction of sp³-hybridized carbons (Fsp3) is 0.571. The summed E-state index contributed by atoms with van der Waals surface area (Å²) in [6.45, 7) is 11.0. The van der Waals surface area contributed by atoms with Crippen LogP contribution in [0.3, 0.4) is 0 Å². The Balaban J connectivity index is 0.000000581. The Morgan fingerprint density at radius 2 is 1.76 bits per heavy atom. The first-order valence-electron chi connectivity index (χ1n) is 6.20. The van der Waals surface area contributed by atoms with Crippen molar-refractivity contribution in [3.8, 4) is 11.5 Å². The van der Waals surface area contributed by atoms with Crippen molar-refractivity contribution in [3.63, 3.8) is 0 Å². The molecule has 0 radical (unpaired) electrons. The van der Waals surface area contributed by atoms with Gasteiger partial charge in [0.15, 0.2) is 11.5 Å². The zero-order valence-corrected chi connectivity index (χ0v) is 11.8. The van der Waals surface area contributed by atoms with Gasteiger partial charge in [-0.05, 0) is 18.6 Å². The SMILES string of the molecule is CC.CC.COCc1ccc2c(c1C)OCO2. The third-order valence-corrected chi connectivity index (χ3v) is 2.20. The average Bonchev–Trinajstić information content (AvgIpc) is 2.87. The summed E-state index contributed by atoms with van der Waals surface area (Å²) in [5, 5.41) is 0. The Labute approximate surface area is 105 Å². The van der Waals surface area contributed by atoms with Crippen LogP contribution in [0.15, 0.2) is 12.1 Å². The zero-order chi connectivity index (χ0) is 13.3. The molecule has 0 atom stereocenters. The van der Waals surface area contributed by atoms with E-state index < -0.39 is 0 Å². The molecule has 0 saturated heterocycles. The van der Waals surface area contributed by atoms with Crippen LogP contribution in [0, 0.1) is 6.92 Å². The Hall–Kier alpha value is -1.22. The quantitative estimate of drug-likeness (QED) is 0.784. The molecule has 17 heavy (non-hydrogen) atoms. The molecule has 0 fully saturated rings. The van der Waals surface area contributed by atoms with Gasteiger partial charge in [0.1, 0.15) is 0 Å². The molecule has 2 rings (SSSR count). The fourth-order valence-electron chi connectivity index (χ4n) is 1.46. The molecule has 0 aliphatic carbocycles. The molecule has 98 valence electrons. The lowest BCUT2D eigenvalue weighted by molar-refractivity contribution is 0.172. The maximum atomic E-state index is 5.34. The molecule has 3 heteroatoms. The highest BCUT2D eigenvalue weighted by Crippen LogP contribution is 2.36. The van der Waals surface area contributed by atoms with Crippen molar-refractivity contribution in [1.82, 2.24) is 0 Å². The first kappa shape index (κ1) is 15.8. The fourth-order valence-corrected chi connectivity index (χ4v) is 1.46. The molecule has 1 aromatic rings. The molecule has 0 amide bonds. The summed E-state index contributed by atoms with van der Waals surface area (Å²) in [6.07, 6.45) is 0. The minimum atomic E-state index is 0.326. The first-order valence-corrected chi connectivity index (χ1v) is 6.20. The highest BCUT2D eigenvalue weighted by atomic mass is 16.7. The Morgan fingerprint density at radius 3 is 2.35 bits per heavy atom. The number of hydrogen-bond donors (Lipinski definition) is 0. The van der Waals surface area contributed by atoms with Crippen LogP contribution in [0.1, 0.15) is 38.8 Å². The van der Waals surface area contributed by atoms with Crippen molar-refractivity contribution in [3.05, 3.63) is 23.3 Å². The third kappa shape index (κ3) is 3.93. The molecule has 3 nitrogen and oxygen atoms in total. The van der Waals surface area contributed by atoms with Crippen LogP contribution in [0.5, 0.6) is 11.5 Å². The highest BCUT2D eigenvalue weighted by Gasteiger charge is 2.17. The molecule has 0 aromatic heterocycles. The number of hydrogen-bond acceptors (Lipinski definition) is 3. The summed E-state index contributed by atoms with van der Waals surface area (Å²) in [6, 6.07) is 3.93. The summed E-state index contributed by atoms with van der Waals surface area (Å²) >= 11 is 0. The van der Waals surface area contributed by atoms with Crippen LogP contribution < -0.4 is 9.47 Å². The maximum Gasteiger partial charge on any atom is 0.231 e. The van der Waals surface area contributed by atoms with Crippen molar-refractivity contribution in [2.45, 2.75) is 41.2 Å². The second-order valence-corrected chi connectivity index (χ2v) is 3.02. The number of methoxy groups -OCH3 is 1. The van der Waals surface area contributed by atoms with E-state index in [1.807, 2.05) is 46.8 Å². The Bertz CT molecular complexity index is 321. The van der Waals surface area contributed by atoms with E-state index in [2.05, 4.69) is 0 Å². The van der Waals surface area contributed by atoms with Crippen molar-refractivity contribution in [1.29, 1.82) is 0 Å². The lowest BCUT2D eigenvalue weighted by Gasteiger charge is -2.06. The van der Waals surface area contributed by atoms with Crippen LogP contribution in [0.4, 0.5) is 0 Å². The molecule has 1 heterocycles. The summed E-state index contributed by atoms with van der Waals surface area (Å²) in [4.78, 5) is 0. The number of rotatable bonds is 2. The van der Waals surface area contributed by atoms with E-state index in [-0.39, 0.29) is 0 Å². The van der Waals surface area contributed by atoms with Gasteiger partial charge in [-0.1, -0.05) is 33.8 Å². The van der Waals surface area contributed by atoms with Crippen molar-refractivity contribution >= 4 is 0 Å². The van der Waals surface area contributed by atoms with E-state index in [1.54, 1.807) is 7.11 Å². The molecule has 1 aliphatic rings. The molecular formula is C14H24O3. The summed E-state index contributed by atoms with van der Waals surface area (Å²) in [5.41, 5.74) is 2.25. The molecule has 0 saturated carbocycles. The highest BCUT2D eigenvalue weighted by molar-refractivity contribution is 5.51. The number of fused-ring (bicyclic) bond motifs is 1. The van der Waals surface area contributed by atoms with E-state index in [4.69, 9.17) is 14.2 Å². The van der Waals surface area contributed by atoms with Crippen LogP contribution in [0.25, 0.3) is 0 Å². The number of ether oxygens (including phenoxy) is 3. The smallest absolute Gasteiger partial charge is 0.231 e. The predicted molar refractivity (Wildman–Crippen MR) is 70.7 cm³/mol. The van der Waals surface area contributed by atoms with Gasteiger partial charge in [0.05, 0.1) is 6.61 Å². The molecule has 0 N–H and O–H groups in total. The van der Waals surface area contributed by atoms with Gasteiger partial charge in [-0.25, -0.2) is 0 Å². The van der Waals surface area contributed by atoms with E-state index in [0.717, 1.165) is 22.6 Å². The Kier molecular flexibility index (Phi) is 8.24. The largest absolute Gasteiger partial charge is 0.454 e. The monoisotopic (exact) mass is 240 g/mol. The van der Waals surface area contributed by atoms with Gasteiger partial charge in [0, 0.05) is 12.7 Å². The lowest BCUT2D eigenvalue weighted by atomic mass is 10.1. The second kappa shape index (κ2) is 8.88. The molecule has 1 aliphatic heterocycles. The second-order valence-electron chi connectivity index (χ2n) is 3.02. The molecule has 0 spiro atoms. The van der Waals surface area contributed by atoms with Crippen molar-refractivity contribution in [2.75, 3.05) is 13.9 Å². The molecule has 0 unspecified atom stereocenters. The van der Waals surface area contributed by atoms with Gasteiger partial charge < -0.3 is 14.2 Å². The Morgan fingerprint density at radius 1 is 1.12 bits per heavy atom. The minimum absolute atomic E-state index is 0.326. The van der Waals surface area contributed by atoms with E-state index >= 15 is 0 Å². The normalized spacial score (nSPS) is 10.9. The van der Waals surface area contributed by atoms with Gasteiger partial charge in [-0.15, -0.1) is 0 Å². The van der Waals surface area contributed by atoms with E-state index in [9.17, 15) is 0 Å². The van der Waals surface area contributed by atoms with Crippen LogP contribution in [-0.4, -0.2) is 13.9 Å². The maximum absolute atomic E-state index is 5.34. The lowest BCUT2D eigenvalue weighted by Crippen LogP contribution is -1.95. The van der Waals surface area contributed by atoms with Gasteiger partial charge in [0.25, 0.3) is 0 Å². The predicted octanol–water partition coefficient (Wildman–Crippen LogP) is 3.92. The third-order valence-electron chi connectivity index (χ3n) is 2.20. The summed E-state index contributed by atoms with van der Waals surface area (Å²) < 4.78 is 15.7. The van der Waals surface area contributed by atoms with Gasteiger partial charge in [0.2, 0.25) is 6.79 Å². The van der Waals surface area contributed by atoms with Crippen LogP contribution in [0.2, 0.25) is 0 Å². The van der Waals surface area contributed by atoms with Crippen LogP contribution in [-0.2, 0) is 11.3 Å². The molecule has 1 aromatic carbocycles. The standard InChI is InChI=1S/C10H12O3.2C2H6/c1-7-8(5-11-2)3-4-9-10(7)13-6-12-9;2*1-2/h3-4H,5-6H2,1-2H3;2*1-2H3. The minimum Gasteiger partial charge on any atom is -0.454 e. The van der Waals surface area contributed by atoms with Crippen molar-refractivity contribution < 1.29 is 14.2 Å². The summed E-state index contributed by atoms with van der Waals surface area (Å²) in [7, 11) is 1.68. The van der Waals surface area contributed by atoms with Gasteiger partial charge in [-0.2, -0.15) is 0 Å². The number of benzene rings is 1. The van der Waals surface area contributed by atoms with E-state index in [1.165, 1.54) is 0 Å². The van der Waals surface area contributed by atoms with Gasteiger partial charge >= 0.3 is 0 Å². The average molecular weight is 240 g/mol. The van der Waals surface area contributed by atoms with E-state index in [0.29, 0.717) is 13.4 Å². The van der Waals surface area contributed by atoms with Crippen molar-refractivity contribution in [2.24, 2.45) is 0 Å². The molecular weight excluding hydrogens is 216 g/mol. The first-order chi connectivity index (χ1) is 8.33.